The van der Waals surface area contributed by atoms with E-state index in [1.807, 2.05) is 6.20 Å². The summed E-state index contributed by atoms with van der Waals surface area (Å²) in [6, 6.07) is 2.08. The van der Waals surface area contributed by atoms with Gasteiger partial charge in [0.15, 0.2) is 5.90 Å². The average Bonchev–Trinajstić information content (AvgIpc) is 2.15. The number of allylic oxidation sites excluding steroid dienone is 1. The van der Waals surface area contributed by atoms with E-state index in [2.05, 4.69) is 18.0 Å². The van der Waals surface area contributed by atoms with Gasteiger partial charge in [-0.3, -0.25) is 0 Å². The van der Waals surface area contributed by atoms with E-state index in [4.69, 9.17) is 10.00 Å². The van der Waals surface area contributed by atoms with Crippen LogP contribution in [0.2, 0.25) is 0 Å². The van der Waals surface area contributed by atoms with Gasteiger partial charge in [-0.15, -0.1) is 0 Å². The van der Waals surface area contributed by atoms with Crippen LogP contribution in [-0.2, 0) is 4.74 Å². The monoisotopic (exact) mass is 178 g/mol. The molecule has 3 nitrogen and oxygen atoms in total. The molecular weight excluding hydrogens is 164 g/mol. The third-order valence-corrected chi connectivity index (χ3v) is 1.86. The Labute approximate surface area is 78.7 Å². The Morgan fingerprint density at radius 3 is 3.08 bits per heavy atom. The Morgan fingerprint density at radius 2 is 2.46 bits per heavy atom. The minimum absolute atomic E-state index is 0.558. The van der Waals surface area contributed by atoms with Gasteiger partial charge in [-0.25, -0.2) is 4.99 Å². The van der Waals surface area contributed by atoms with Crippen LogP contribution < -0.4 is 0 Å². The van der Waals surface area contributed by atoms with Crippen molar-refractivity contribution in [2.45, 2.75) is 32.6 Å². The predicted molar refractivity (Wildman–Crippen MR) is 51.2 cm³/mol. The molecule has 0 aromatic carbocycles. The summed E-state index contributed by atoms with van der Waals surface area (Å²) in [6.07, 6.45) is 5.13. The van der Waals surface area contributed by atoms with Crippen molar-refractivity contribution < 1.29 is 4.74 Å². The van der Waals surface area contributed by atoms with Crippen molar-refractivity contribution in [3.8, 4) is 6.07 Å². The molecule has 0 aliphatic carbocycles. The molecule has 0 aromatic heterocycles. The van der Waals surface area contributed by atoms with Gasteiger partial charge in [0.05, 0.1) is 12.7 Å². The van der Waals surface area contributed by atoms with Crippen LogP contribution in [0.25, 0.3) is 0 Å². The second-order valence-electron chi connectivity index (χ2n) is 3.11. The highest BCUT2D eigenvalue weighted by atomic mass is 16.5. The van der Waals surface area contributed by atoms with Crippen molar-refractivity contribution in [1.82, 2.24) is 0 Å². The first-order valence-corrected chi connectivity index (χ1v) is 4.55. The summed E-state index contributed by atoms with van der Waals surface area (Å²) in [5.74, 6) is 0.809. The molecule has 1 aliphatic rings. The summed E-state index contributed by atoms with van der Waals surface area (Å²) in [5.41, 5.74) is 1.30. The fraction of sp³-hybridized carbons (Fsp3) is 0.600. The topological polar surface area (TPSA) is 45.4 Å². The van der Waals surface area contributed by atoms with Crippen LogP contribution in [-0.4, -0.2) is 12.5 Å². The van der Waals surface area contributed by atoms with Crippen LogP contribution in [0.3, 0.4) is 0 Å². The van der Waals surface area contributed by atoms with Crippen LogP contribution in [0.5, 0.6) is 0 Å². The molecular formula is C10H14N2O. The summed E-state index contributed by atoms with van der Waals surface area (Å²) >= 11 is 0. The molecule has 13 heavy (non-hydrogen) atoms. The molecule has 1 rings (SSSR count). The van der Waals surface area contributed by atoms with Crippen molar-refractivity contribution in [3.63, 3.8) is 0 Å². The lowest BCUT2D eigenvalue weighted by atomic mass is 10.1. The molecule has 1 heterocycles. The van der Waals surface area contributed by atoms with Crippen LogP contribution in [0.1, 0.15) is 32.6 Å². The van der Waals surface area contributed by atoms with E-state index < -0.39 is 0 Å². The van der Waals surface area contributed by atoms with Crippen LogP contribution in [0, 0.1) is 11.3 Å². The molecule has 70 valence electrons. The molecule has 1 aliphatic heterocycles. The number of hydrogen-bond acceptors (Lipinski definition) is 3. The van der Waals surface area contributed by atoms with E-state index in [9.17, 15) is 0 Å². The van der Waals surface area contributed by atoms with Gasteiger partial charge in [0.25, 0.3) is 0 Å². The van der Waals surface area contributed by atoms with Gasteiger partial charge >= 0.3 is 0 Å². The Balaban J connectivity index is 2.19. The lowest BCUT2D eigenvalue weighted by Crippen LogP contribution is -2.08. The van der Waals surface area contributed by atoms with Crippen molar-refractivity contribution in [1.29, 1.82) is 5.26 Å². The van der Waals surface area contributed by atoms with Gasteiger partial charge in [-0.05, 0) is 19.8 Å². The molecule has 0 fully saturated rings. The Hall–Kier alpha value is -1.30. The molecule has 0 saturated carbocycles. The normalized spacial score (nSPS) is 15.7. The first kappa shape index (κ1) is 9.79. The maximum absolute atomic E-state index is 8.29. The third kappa shape index (κ3) is 3.75. The van der Waals surface area contributed by atoms with Crippen LogP contribution in [0.4, 0.5) is 0 Å². The molecule has 0 N–H and O–H groups in total. The van der Waals surface area contributed by atoms with E-state index in [-0.39, 0.29) is 0 Å². The number of ether oxygens (including phenoxy) is 1. The number of nitrogens with zero attached hydrogens (tertiary/aromatic N) is 2. The molecule has 0 unspecified atom stereocenters. The summed E-state index contributed by atoms with van der Waals surface area (Å²) in [5, 5.41) is 8.29. The van der Waals surface area contributed by atoms with E-state index in [0.717, 1.165) is 25.2 Å². The highest BCUT2D eigenvalue weighted by Crippen LogP contribution is 2.12. The fourth-order valence-electron chi connectivity index (χ4n) is 1.07. The van der Waals surface area contributed by atoms with E-state index in [1.54, 1.807) is 0 Å². The summed E-state index contributed by atoms with van der Waals surface area (Å²) in [6.45, 7) is 2.68. The summed E-state index contributed by atoms with van der Waals surface area (Å²) in [7, 11) is 0. The Kier molecular flexibility index (Phi) is 4.04. The lowest BCUT2D eigenvalue weighted by molar-refractivity contribution is 0.290. The predicted octanol–water partition coefficient (Wildman–Crippen LogP) is 2.40. The zero-order valence-corrected chi connectivity index (χ0v) is 7.92. The molecule has 0 radical (unpaired) electrons. The van der Waals surface area contributed by atoms with Crippen molar-refractivity contribution in [3.05, 3.63) is 11.8 Å². The zero-order valence-electron chi connectivity index (χ0n) is 7.92. The smallest absolute Gasteiger partial charge is 0.188 e. The van der Waals surface area contributed by atoms with Gasteiger partial charge in [0, 0.05) is 19.0 Å². The summed E-state index contributed by atoms with van der Waals surface area (Å²) in [4.78, 5) is 4.16. The summed E-state index contributed by atoms with van der Waals surface area (Å²) < 4.78 is 5.39. The average molecular weight is 178 g/mol. The lowest BCUT2D eigenvalue weighted by Gasteiger charge is -2.11. The quantitative estimate of drug-likeness (QED) is 0.623. The molecule has 3 heteroatoms. The van der Waals surface area contributed by atoms with Crippen LogP contribution >= 0.6 is 0 Å². The molecule has 0 bridgehead atoms. The number of hydrogen-bond donors (Lipinski definition) is 0. The van der Waals surface area contributed by atoms with Crippen molar-refractivity contribution in [2.75, 3.05) is 6.61 Å². The first-order valence-electron chi connectivity index (χ1n) is 4.55. The SMILES string of the molecule is CC1=CN=C(OCCCC#N)CC1. The maximum Gasteiger partial charge on any atom is 0.188 e. The molecule has 0 saturated heterocycles. The minimum Gasteiger partial charge on any atom is -0.481 e. The van der Waals surface area contributed by atoms with Crippen molar-refractivity contribution >= 4 is 5.90 Å². The Morgan fingerprint density at radius 1 is 1.62 bits per heavy atom. The van der Waals surface area contributed by atoms with Gasteiger partial charge in [0.1, 0.15) is 0 Å². The molecule has 0 atom stereocenters. The molecule has 0 spiro atoms. The van der Waals surface area contributed by atoms with Gasteiger partial charge in [0.2, 0.25) is 0 Å². The standard InChI is InChI=1S/C10H14N2O/c1-9-4-5-10(12-8-9)13-7-3-2-6-11/h8H,2-5,7H2,1H3. The maximum atomic E-state index is 8.29. The first-order chi connectivity index (χ1) is 6.33. The second-order valence-corrected chi connectivity index (χ2v) is 3.11. The Bertz CT molecular complexity index is 261. The highest BCUT2D eigenvalue weighted by Gasteiger charge is 2.05. The second kappa shape index (κ2) is 5.36. The van der Waals surface area contributed by atoms with Crippen LogP contribution in [0.15, 0.2) is 16.8 Å². The largest absolute Gasteiger partial charge is 0.481 e. The van der Waals surface area contributed by atoms with Gasteiger partial charge in [-0.2, -0.15) is 5.26 Å². The minimum atomic E-state index is 0.558. The fourth-order valence-corrected chi connectivity index (χ4v) is 1.07. The number of aliphatic imine (C=N–C) groups is 1. The van der Waals surface area contributed by atoms with Crippen molar-refractivity contribution in [2.24, 2.45) is 4.99 Å². The number of rotatable bonds is 3. The third-order valence-electron chi connectivity index (χ3n) is 1.86. The highest BCUT2D eigenvalue weighted by molar-refractivity contribution is 5.77. The van der Waals surface area contributed by atoms with E-state index in [1.165, 1.54) is 5.57 Å². The molecule has 0 amide bonds. The van der Waals surface area contributed by atoms with E-state index >= 15 is 0 Å². The number of unbranched alkanes of at least 4 members (excludes halogenated alkanes) is 1. The molecule has 0 aromatic rings. The van der Waals surface area contributed by atoms with Gasteiger partial charge < -0.3 is 4.74 Å². The number of nitriles is 1. The zero-order chi connectivity index (χ0) is 9.52. The van der Waals surface area contributed by atoms with E-state index in [0.29, 0.717) is 13.0 Å². The van der Waals surface area contributed by atoms with Gasteiger partial charge in [-0.1, -0.05) is 5.57 Å².